The van der Waals surface area contributed by atoms with Gasteiger partial charge in [0.1, 0.15) is 0 Å². The molecule has 1 aromatic carbocycles. The average molecular weight is 346 g/mol. The number of benzene rings is 1. The van der Waals surface area contributed by atoms with Crippen LogP contribution in [0.3, 0.4) is 0 Å². The Morgan fingerprint density at radius 2 is 2.00 bits per heavy atom. The Morgan fingerprint density at radius 1 is 1.28 bits per heavy atom. The van der Waals surface area contributed by atoms with E-state index in [0.29, 0.717) is 23.9 Å². The molecular formula is C17H22N4O4. The highest BCUT2D eigenvalue weighted by Crippen LogP contribution is 2.26. The van der Waals surface area contributed by atoms with Gasteiger partial charge in [-0.05, 0) is 37.9 Å². The third kappa shape index (κ3) is 4.40. The minimum Gasteiger partial charge on any atom is -0.419 e. The van der Waals surface area contributed by atoms with Gasteiger partial charge in [0.15, 0.2) is 0 Å². The first-order valence-corrected chi connectivity index (χ1v) is 8.47. The summed E-state index contributed by atoms with van der Waals surface area (Å²) in [5.74, 6) is 1.12. The van der Waals surface area contributed by atoms with Crippen molar-refractivity contribution in [3.63, 3.8) is 0 Å². The fraction of sp³-hybridized carbons (Fsp3) is 0.529. The fourth-order valence-electron chi connectivity index (χ4n) is 3.26. The molecule has 3 rings (SSSR count). The van der Waals surface area contributed by atoms with Crippen molar-refractivity contribution in [1.82, 2.24) is 15.1 Å². The molecule has 0 radical (unpaired) electrons. The van der Waals surface area contributed by atoms with Crippen molar-refractivity contribution < 1.29 is 14.4 Å². The summed E-state index contributed by atoms with van der Waals surface area (Å²) in [6, 6.07) is 6.01. The molecule has 0 aliphatic heterocycles. The number of nitro benzene ring substituents is 1. The topological polar surface area (TPSA) is 106 Å². The summed E-state index contributed by atoms with van der Waals surface area (Å²) in [6.45, 7) is 1.29. The van der Waals surface area contributed by atoms with Crippen LogP contribution in [-0.2, 0) is 6.54 Å². The van der Waals surface area contributed by atoms with Crippen LogP contribution < -0.4 is 0 Å². The lowest BCUT2D eigenvalue weighted by Gasteiger charge is -2.30. The molecule has 2 atom stereocenters. The van der Waals surface area contributed by atoms with Gasteiger partial charge in [0.2, 0.25) is 11.8 Å². The van der Waals surface area contributed by atoms with Crippen LogP contribution in [0.5, 0.6) is 0 Å². The molecule has 0 spiro atoms. The number of aliphatic hydroxyl groups is 1. The van der Waals surface area contributed by atoms with Gasteiger partial charge in [0, 0.05) is 24.2 Å². The largest absolute Gasteiger partial charge is 0.419 e. The first-order chi connectivity index (χ1) is 12.0. The smallest absolute Gasteiger partial charge is 0.269 e. The van der Waals surface area contributed by atoms with Crippen molar-refractivity contribution >= 4 is 5.69 Å². The van der Waals surface area contributed by atoms with Crippen molar-refractivity contribution in [1.29, 1.82) is 0 Å². The lowest BCUT2D eigenvalue weighted by Crippen LogP contribution is -2.34. The van der Waals surface area contributed by atoms with Crippen LogP contribution in [0, 0.1) is 16.0 Å². The maximum atomic E-state index is 10.7. The van der Waals surface area contributed by atoms with Gasteiger partial charge in [-0.2, -0.15) is 0 Å². The van der Waals surface area contributed by atoms with E-state index in [4.69, 9.17) is 4.42 Å². The molecule has 1 heterocycles. The molecular weight excluding hydrogens is 324 g/mol. The van der Waals surface area contributed by atoms with Gasteiger partial charge in [-0.25, -0.2) is 0 Å². The highest BCUT2D eigenvalue weighted by molar-refractivity contribution is 5.55. The number of hydrogen-bond donors (Lipinski definition) is 1. The maximum Gasteiger partial charge on any atom is 0.269 e. The Labute approximate surface area is 145 Å². The Hall–Kier alpha value is -2.32. The zero-order chi connectivity index (χ0) is 17.8. The van der Waals surface area contributed by atoms with Crippen molar-refractivity contribution in [3.05, 3.63) is 40.3 Å². The summed E-state index contributed by atoms with van der Waals surface area (Å²) in [5.41, 5.74) is 0.670. The standard InChI is InChI=1S/C17H22N4O4/c1-20(10-13-4-2-3-5-15(13)22)11-16-18-19-17(25-16)12-6-8-14(9-7-12)21(23)24/h6-9,13,15,22H,2-5,10-11H2,1H3. The van der Waals surface area contributed by atoms with E-state index in [-0.39, 0.29) is 17.7 Å². The molecule has 0 bridgehead atoms. The lowest BCUT2D eigenvalue weighted by atomic mass is 9.86. The lowest BCUT2D eigenvalue weighted by molar-refractivity contribution is -0.384. The molecule has 8 nitrogen and oxygen atoms in total. The van der Waals surface area contributed by atoms with E-state index >= 15 is 0 Å². The molecule has 2 unspecified atom stereocenters. The average Bonchev–Trinajstić information content (AvgIpc) is 3.05. The molecule has 1 aliphatic rings. The number of aromatic nitrogens is 2. The monoisotopic (exact) mass is 346 g/mol. The summed E-state index contributed by atoms with van der Waals surface area (Å²) in [7, 11) is 1.97. The predicted molar refractivity (Wildman–Crippen MR) is 90.7 cm³/mol. The zero-order valence-corrected chi connectivity index (χ0v) is 14.2. The molecule has 1 aliphatic carbocycles. The van der Waals surface area contributed by atoms with E-state index in [0.717, 1.165) is 25.8 Å². The third-order valence-electron chi connectivity index (χ3n) is 4.61. The van der Waals surface area contributed by atoms with Crippen LogP contribution in [0.4, 0.5) is 5.69 Å². The van der Waals surface area contributed by atoms with E-state index in [1.165, 1.54) is 18.6 Å². The molecule has 1 saturated carbocycles. The summed E-state index contributed by atoms with van der Waals surface area (Å²) in [6.07, 6.45) is 3.96. The number of aliphatic hydroxyl groups excluding tert-OH is 1. The first-order valence-electron chi connectivity index (χ1n) is 8.47. The zero-order valence-electron chi connectivity index (χ0n) is 14.2. The van der Waals surface area contributed by atoms with Crippen LogP contribution in [0.25, 0.3) is 11.5 Å². The van der Waals surface area contributed by atoms with Gasteiger partial charge in [0.25, 0.3) is 5.69 Å². The summed E-state index contributed by atoms with van der Waals surface area (Å²) in [4.78, 5) is 12.3. The van der Waals surface area contributed by atoms with Gasteiger partial charge in [0.05, 0.1) is 17.6 Å². The van der Waals surface area contributed by atoms with E-state index in [1.807, 2.05) is 7.05 Å². The normalized spacial score (nSPS) is 20.8. The van der Waals surface area contributed by atoms with Gasteiger partial charge < -0.3 is 9.52 Å². The minimum absolute atomic E-state index is 0.0225. The molecule has 0 saturated heterocycles. The van der Waals surface area contributed by atoms with Gasteiger partial charge in [-0.15, -0.1) is 10.2 Å². The van der Waals surface area contributed by atoms with Crippen molar-refractivity contribution in [2.75, 3.05) is 13.6 Å². The molecule has 1 aromatic heterocycles. The highest BCUT2D eigenvalue weighted by Gasteiger charge is 2.24. The van der Waals surface area contributed by atoms with Crippen LogP contribution >= 0.6 is 0 Å². The molecule has 8 heteroatoms. The van der Waals surface area contributed by atoms with Crippen molar-refractivity contribution in [2.24, 2.45) is 5.92 Å². The number of nitro groups is 1. The van der Waals surface area contributed by atoms with E-state index in [9.17, 15) is 15.2 Å². The first kappa shape index (κ1) is 17.5. The van der Waals surface area contributed by atoms with E-state index in [2.05, 4.69) is 15.1 Å². The van der Waals surface area contributed by atoms with E-state index in [1.54, 1.807) is 12.1 Å². The summed E-state index contributed by atoms with van der Waals surface area (Å²) < 4.78 is 5.66. The molecule has 134 valence electrons. The van der Waals surface area contributed by atoms with Gasteiger partial charge in [-0.3, -0.25) is 15.0 Å². The summed E-state index contributed by atoms with van der Waals surface area (Å²) >= 11 is 0. The fourth-order valence-corrected chi connectivity index (χ4v) is 3.26. The second-order valence-corrected chi connectivity index (χ2v) is 6.61. The number of non-ortho nitro benzene ring substituents is 1. The van der Waals surface area contributed by atoms with Crippen LogP contribution in [0.15, 0.2) is 28.7 Å². The van der Waals surface area contributed by atoms with Crippen molar-refractivity contribution in [3.8, 4) is 11.5 Å². The minimum atomic E-state index is -0.447. The van der Waals surface area contributed by atoms with Crippen LogP contribution in [-0.4, -0.2) is 44.8 Å². The number of nitrogens with zero attached hydrogens (tertiary/aromatic N) is 4. The molecule has 1 fully saturated rings. The Morgan fingerprint density at radius 3 is 2.68 bits per heavy atom. The second-order valence-electron chi connectivity index (χ2n) is 6.61. The number of hydrogen-bond acceptors (Lipinski definition) is 7. The Kier molecular flexibility index (Phi) is 5.40. The highest BCUT2D eigenvalue weighted by atomic mass is 16.6. The second kappa shape index (κ2) is 7.71. The van der Waals surface area contributed by atoms with E-state index < -0.39 is 4.92 Å². The molecule has 0 amide bonds. The van der Waals surface area contributed by atoms with Crippen LogP contribution in [0.2, 0.25) is 0 Å². The van der Waals surface area contributed by atoms with Crippen molar-refractivity contribution in [2.45, 2.75) is 38.3 Å². The maximum absolute atomic E-state index is 10.7. The Bertz CT molecular complexity index is 716. The SMILES string of the molecule is CN(Cc1nnc(-c2ccc([N+](=O)[O-])cc2)o1)CC1CCCCC1O. The number of rotatable bonds is 6. The Balaban J connectivity index is 1.60. The molecule has 25 heavy (non-hydrogen) atoms. The summed E-state index contributed by atoms with van der Waals surface area (Å²) in [5, 5.41) is 28.8. The predicted octanol–water partition coefficient (Wildman–Crippen LogP) is 2.63. The molecule has 1 N–H and O–H groups in total. The van der Waals surface area contributed by atoms with Gasteiger partial charge in [-0.1, -0.05) is 12.8 Å². The van der Waals surface area contributed by atoms with Gasteiger partial charge >= 0.3 is 0 Å². The molecule has 2 aromatic rings. The van der Waals surface area contributed by atoms with Crippen LogP contribution in [0.1, 0.15) is 31.6 Å². The third-order valence-corrected chi connectivity index (χ3v) is 4.61. The quantitative estimate of drug-likeness (QED) is 0.633.